The van der Waals surface area contributed by atoms with Crippen LogP contribution in [0.2, 0.25) is 0 Å². The van der Waals surface area contributed by atoms with Crippen LogP contribution in [0, 0.1) is 17.2 Å². The molecule has 1 amide bonds. The number of aromatic nitrogens is 2. The maximum atomic E-state index is 12.5. The molecule has 7 heteroatoms. The summed E-state index contributed by atoms with van der Waals surface area (Å²) < 4.78 is 2.35. The molecule has 2 aliphatic rings. The molecule has 24 heavy (non-hydrogen) atoms. The number of hydrogen-bond donors (Lipinski definition) is 1. The Hall–Kier alpha value is -2.36. The van der Waals surface area contributed by atoms with Crippen molar-refractivity contribution in [3.8, 4) is 6.07 Å². The van der Waals surface area contributed by atoms with Crippen LogP contribution in [0.5, 0.6) is 0 Å². The lowest BCUT2D eigenvalue weighted by atomic mass is 9.86. The topological polar surface area (TPSA) is 96.9 Å². The summed E-state index contributed by atoms with van der Waals surface area (Å²) >= 11 is 0. The largest absolute Gasteiger partial charge is 0.352 e. The lowest BCUT2D eigenvalue weighted by molar-refractivity contribution is -0.123. The van der Waals surface area contributed by atoms with Crippen molar-refractivity contribution in [3.05, 3.63) is 32.1 Å². The first kappa shape index (κ1) is 16.5. The molecule has 1 aliphatic heterocycles. The summed E-state index contributed by atoms with van der Waals surface area (Å²) in [6.07, 6.45) is 5.54. The van der Waals surface area contributed by atoms with E-state index < -0.39 is 11.2 Å². The quantitative estimate of drug-likeness (QED) is 0.874. The van der Waals surface area contributed by atoms with E-state index in [0.717, 1.165) is 30.3 Å². The maximum absolute atomic E-state index is 12.5. The number of carbonyl (C=O) groups excluding carboxylic acids is 1. The highest BCUT2D eigenvalue weighted by Crippen LogP contribution is 2.23. The van der Waals surface area contributed by atoms with Crippen LogP contribution in [0.1, 0.15) is 50.3 Å². The zero-order valence-electron chi connectivity index (χ0n) is 13.9. The molecule has 0 unspecified atom stereocenters. The highest BCUT2D eigenvalue weighted by atomic mass is 16.2. The van der Waals surface area contributed by atoms with E-state index in [1.54, 1.807) is 0 Å². The van der Waals surface area contributed by atoms with Crippen LogP contribution in [-0.2, 0) is 24.3 Å². The van der Waals surface area contributed by atoms with Crippen LogP contribution in [0.4, 0.5) is 0 Å². The number of nitrogens with zero attached hydrogens (tertiary/aromatic N) is 3. The summed E-state index contributed by atoms with van der Waals surface area (Å²) in [5.74, 6) is 0.0607. The summed E-state index contributed by atoms with van der Waals surface area (Å²) in [4.78, 5) is 37.2. The summed E-state index contributed by atoms with van der Waals surface area (Å²) in [5.41, 5.74) is -0.642. The van der Waals surface area contributed by atoms with Gasteiger partial charge in [0.05, 0.1) is 0 Å². The van der Waals surface area contributed by atoms with Crippen LogP contribution in [0.25, 0.3) is 0 Å². The number of rotatable bonds is 3. The van der Waals surface area contributed by atoms with Gasteiger partial charge in [-0.05, 0) is 31.6 Å². The smallest absolute Gasteiger partial charge is 0.331 e. The van der Waals surface area contributed by atoms with Gasteiger partial charge in [0, 0.05) is 18.3 Å². The van der Waals surface area contributed by atoms with E-state index in [4.69, 9.17) is 0 Å². The molecule has 1 aromatic heterocycles. The van der Waals surface area contributed by atoms with Gasteiger partial charge in [-0.25, -0.2) is 9.36 Å². The number of carbonyl (C=O) groups is 1. The minimum absolute atomic E-state index is 0.00839. The second-order valence-corrected chi connectivity index (χ2v) is 6.80. The van der Waals surface area contributed by atoms with Gasteiger partial charge < -0.3 is 5.32 Å². The van der Waals surface area contributed by atoms with Crippen molar-refractivity contribution in [2.45, 2.75) is 64.6 Å². The predicted octanol–water partition coefficient (Wildman–Crippen LogP) is 0.523. The molecule has 1 N–H and O–H groups in total. The molecular weight excluding hydrogens is 308 g/mol. The Morgan fingerprint density at radius 1 is 1.29 bits per heavy atom. The van der Waals surface area contributed by atoms with Gasteiger partial charge in [-0.2, -0.15) is 5.26 Å². The maximum Gasteiger partial charge on any atom is 0.331 e. The zero-order valence-corrected chi connectivity index (χ0v) is 13.9. The average molecular weight is 330 g/mol. The van der Waals surface area contributed by atoms with Gasteiger partial charge in [-0.15, -0.1) is 0 Å². The summed E-state index contributed by atoms with van der Waals surface area (Å²) in [7, 11) is 0. The van der Waals surface area contributed by atoms with Gasteiger partial charge in [-0.3, -0.25) is 14.2 Å². The number of nitrogens with one attached hydrogen (secondary N) is 1. The zero-order chi connectivity index (χ0) is 17.3. The summed E-state index contributed by atoms with van der Waals surface area (Å²) in [6.45, 7) is 2.27. The van der Waals surface area contributed by atoms with Gasteiger partial charge in [0.25, 0.3) is 5.56 Å². The lowest BCUT2D eigenvalue weighted by Crippen LogP contribution is -2.48. The van der Waals surface area contributed by atoms with Crippen molar-refractivity contribution in [3.63, 3.8) is 0 Å². The molecule has 1 aliphatic carbocycles. The minimum Gasteiger partial charge on any atom is -0.352 e. The molecule has 0 bridgehead atoms. The Morgan fingerprint density at radius 3 is 2.75 bits per heavy atom. The fraction of sp³-hybridized carbons (Fsp3) is 0.647. The first-order valence-corrected chi connectivity index (χ1v) is 8.59. The van der Waals surface area contributed by atoms with Crippen molar-refractivity contribution in [2.24, 2.45) is 5.92 Å². The van der Waals surface area contributed by atoms with Gasteiger partial charge >= 0.3 is 5.69 Å². The van der Waals surface area contributed by atoms with Gasteiger partial charge in [0.15, 0.2) is 0 Å². The molecule has 0 radical (unpaired) electrons. The number of fused-ring (bicyclic) bond motifs is 1. The second-order valence-electron chi connectivity index (χ2n) is 6.80. The summed E-state index contributed by atoms with van der Waals surface area (Å²) in [5, 5.41) is 12.2. The van der Waals surface area contributed by atoms with E-state index in [9.17, 15) is 19.6 Å². The number of hydrogen-bond acceptors (Lipinski definition) is 4. The van der Waals surface area contributed by atoms with E-state index in [1.807, 2.05) is 6.07 Å². The molecule has 0 aromatic carbocycles. The Labute approximate surface area is 139 Å². The first-order valence-electron chi connectivity index (χ1n) is 8.59. The highest BCUT2D eigenvalue weighted by molar-refractivity contribution is 5.76. The molecule has 2 atom stereocenters. The van der Waals surface area contributed by atoms with Crippen LogP contribution >= 0.6 is 0 Å². The molecule has 1 saturated carbocycles. The Kier molecular flexibility index (Phi) is 4.56. The molecule has 1 aromatic rings. The fourth-order valence-corrected chi connectivity index (χ4v) is 3.82. The van der Waals surface area contributed by atoms with Gasteiger partial charge in [-0.1, -0.05) is 19.8 Å². The fourth-order valence-electron chi connectivity index (χ4n) is 3.82. The normalized spacial score (nSPS) is 22.7. The lowest BCUT2D eigenvalue weighted by Gasteiger charge is -2.29. The molecule has 128 valence electrons. The molecule has 1 fully saturated rings. The molecule has 2 heterocycles. The molecule has 0 saturated heterocycles. The number of nitriles is 1. The van der Waals surface area contributed by atoms with E-state index in [1.165, 1.54) is 11.0 Å². The standard InChI is InChI=1S/C17H22N4O3/c1-11-5-2-3-6-13(11)19-15(22)10-21-16(23)12(9-18)14-7-4-8-20(14)17(21)24/h11,13H,2-8,10H2,1H3,(H,19,22)/t11-,13-/m1/s1. The van der Waals surface area contributed by atoms with E-state index in [2.05, 4.69) is 12.2 Å². The van der Waals surface area contributed by atoms with E-state index in [0.29, 0.717) is 24.6 Å². The molecule has 3 rings (SSSR count). The van der Waals surface area contributed by atoms with Crippen molar-refractivity contribution in [1.29, 1.82) is 5.26 Å². The van der Waals surface area contributed by atoms with Gasteiger partial charge in [0.2, 0.25) is 5.91 Å². The van der Waals surface area contributed by atoms with Crippen LogP contribution in [0.3, 0.4) is 0 Å². The third-order valence-corrected chi connectivity index (χ3v) is 5.20. The third kappa shape index (κ3) is 2.88. The number of amides is 1. The molecule has 0 spiro atoms. The first-order chi connectivity index (χ1) is 11.5. The monoisotopic (exact) mass is 330 g/mol. The Balaban J connectivity index is 1.85. The van der Waals surface area contributed by atoms with E-state index >= 15 is 0 Å². The molecular formula is C17H22N4O3. The van der Waals surface area contributed by atoms with Gasteiger partial charge in [0.1, 0.15) is 18.2 Å². The van der Waals surface area contributed by atoms with Crippen LogP contribution in [-0.4, -0.2) is 21.1 Å². The van der Waals surface area contributed by atoms with Crippen molar-refractivity contribution < 1.29 is 4.79 Å². The molecule has 7 nitrogen and oxygen atoms in total. The summed E-state index contributed by atoms with van der Waals surface area (Å²) in [6, 6.07) is 1.99. The van der Waals surface area contributed by atoms with Crippen molar-refractivity contribution >= 4 is 5.91 Å². The average Bonchev–Trinajstić information content (AvgIpc) is 3.04. The van der Waals surface area contributed by atoms with Crippen molar-refractivity contribution in [2.75, 3.05) is 0 Å². The third-order valence-electron chi connectivity index (χ3n) is 5.20. The van der Waals surface area contributed by atoms with E-state index in [-0.39, 0.29) is 24.1 Å². The van der Waals surface area contributed by atoms with Crippen LogP contribution < -0.4 is 16.6 Å². The van der Waals surface area contributed by atoms with Crippen molar-refractivity contribution in [1.82, 2.24) is 14.5 Å². The Morgan fingerprint density at radius 2 is 2.04 bits per heavy atom. The second kappa shape index (κ2) is 6.63. The van der Waals surface area contributed by atoms with Crippen LogP contribution in [0.15, 0.2) is 9.59 Å². The SMILES string of the molecule is C[C@@H]1CCCC[C@H]1NC(=O)Cn1c(=O)c(C#N)c2n(c1=O)CCC2. The highest BCUT2D eigenvalue weighted by Gasteiger charge is 2.26. The predicted molar refractivity (Wildman–Crippen MR) is 87.6 cm³/mol. The minimum atomic E-state index is -0.650. The Bertz CT molecular complexity index is 815.